The summed E-state index contributed by atoms with van der Waals surface area (Å²) in [5, 5.41) is 3.38. The Morgan fingerprint density at radius 3 is 2.61 bits per heavy atom. The van der Waals surface area contributed by atoms with Gasteiger partial charge in [0, 0.05) is 6.04 Å². The molecule has 1 aromatic heterocycles. The molecule has 7 heteroatoms. The molecule has 1 unspecified atom stereocenters. The fraction of sp³-hybridized carbons (Fsp3) is 0.636. The Morgan fingerprint density at radius 1 is 1.28 bits per heavy atom. The van der Waals surface area contributed by atoms with Gasteiger partial charge in [0.2, 0.25) is 0 Å². The van der Waals surface area contributed by atoms with Crippen molar-refractivity contribution in [2.45, 2.75) is 32.7 Å². The van der Waals surface area contributed by atoms with Crippen molar-refractivity contribution in [2.75, 3.05) is 16.8 Å². The third-order valence-corrected chi connectivity index (χ3v) is 5.15. The largest absolute Gasteiger partial charge is 0.364 e. The van der Waals surface area contributed by atoms with Crippen molar-refractivity contribution in [1.82, 2.24) is 9.97 Å². The first kappa shape index (κ1) is 13.5. The quantitative estimate of drug-likeness (QED) is 0.898. The Morgan fingerprint density at radius 2 is 1.94 bits per heavy atom. The van der Waals surface area contributed by atoms with Crippen molar-refractivity contribution in [3.05, 3.63) is 16.5 Å². The molecule has 1 N–H and O–H groups in total. The number of sulfone groups is 1. The van der Waals surface area contributed by atoms with Crippen LogP contribution in [0.3, 0.4) is 0 Å². The van der Waals surface area contributed by atoms with E-state index in [9.17, 15) is 8.42 Å². The molecular weight excluding hydrogens is 274 g/mol. The number of nitrogens with one attached hydrogen (secondary N) is 1. The highest BCUT2D eigenvalue weighted by molar-refractivity contribution is 7.91. The van der Waals surface area contributed by atoms with Gasteiger partial charge in [0.1, 0.15) is 0 Å². The van der Waals surface area contributed by atoms with Crippen LogP contribution in [0.25, 0.3) is 0 Å². The van der Waals surface area contributed by atoms with Crippen LogP contribution in [0.1, 0.15) is 24.2 Å². The predicted octanol–water partition coefficient (Wildman–Crippen LogP) is 1.74. The van der Waals surface area contributed by atoms with E-state index in [1.165, 1.54) is 0 Å². The summed E-state index contributed by atoms with van der Waals surface area (Å²) in [5.74, 6) is 0.886. The third-order valence-electron chi connectivity index (χ3n) is 3.07. The van der Waals surface area contributed by atoms with Crippen molar-refractivity contribution in [3.8, 4) is 0 Å². The van der Waals surface area contributed by atoms with Gasteiger partial charge in [0.05, 0.1) is 22.9 Å². The molecule has 1 aliphatic heterocycles. The first-order chi connectivity index (χ1) is 8.37. The van der Waals surface area contributed by atoms with E-state index in [4.69, 9.17) is 11.6 Å². The first-order valence-electron chi connectivity index (χ1n) is 5.85. The fourth-order valence-electron chi connectivity index (χ4n) is 2.00. The van der Waals surface area contributed by atoms with Crippen molar-refractivity contribution in [1.29, 1.82) is 0 Å². The first-order valence-corrected chi connectivity index (χ1v) is 8.05. The van der Waals surface area contributed by atoms with Crippen LogP contribution in [0.4, 0.5) is 5.82 Å². The van der Waals surface area contributed by atoms with Gasteiger partial charge in [-0.15, -0.1) is 0 Å². The smallest absolute Gasteiger partial charge is 0.171 e. The molecule has 100 valence electrons. The Hall–Kier alpha value is -0.880. The van der Waals surface area contributed by atoms with Gasteiger partial charge in [-0.25, -0.2) is 18.4 Å². The van der Waals surface area contributed by atoms with Gasteiger partial charge >= 0.3 is 0 Å². The standard InChI is InChI=1S/C11H16ClN3O2S/c1-7-8(2)14-11(10(12)13-7)15-9-4-3-5-18(16,17)6-9/h9H,3-6H2,1-2H3,(H,14,15). The molecule has 1 aliphatic rings. The summed E-state index contributed by atoms with van der Waals surface area (Å²) >= 11 is 6.01. The molecule has 1 saturated heterocycles. The fourth-order valence-corrected chi connectivity index (χ4v) is 3.86. The SMILES string of the molecule is Cc1nc(Cl)c(NC2CCCS(=O)(=O)C2)nc1C. The Kier molecular flexibility index (Phi) is 3.77. The van der Waals surface area contributed by atoms with Crippen molar-refractivity contribution in [3.63, 3.8) is 0 Å². The zero-order valence-electron chi connectivity index (χ0n) is 10.4. The average molecular weight is 290 g/mol. The van der Waals surface area contributed by atoms with Crippen LogP contribution in [0.15, 0.2) is 0 Å². The highest BCUT2D eigenvalue weighted by Crippen LogP contribution is 2.22. The average Bonchev–Trinajstić information content (AvgIpc) is 2.24. The van der Waals surface area contributed by atoms with Crippen LogP contribution < -0.4 is 5.32 Å². The van der Waals surface area contributed by atoms with Gasteiger partial charge in [0.15, 0.2) is 20.8 Å². The zero-order valence-corrected chi connectivity index (χ0v) is 12.0. The van der Waals surface area contributed by atoms with Gasteiger partial charge in [-0.2, -0.15) is 0 Å². The molecule has 5 nitrogen and oxygen atoms in total. The molecule has 0 amide bonds. The maximum Gasteiger partial charge on any atom is 0.171 e. The summed E-state index contributed by atoms with van der Waals surface area (Å²) in [5.41, 5.74) is 1.57. The zero-order chi connectivity index (χ0) is 13.3. The molecule has 0 aromatic carbocycles. The molecular formula is C11H16ClN3O2S. The molecule has 0 radical (unpaired) electrons. The van der Waals surface area contributed by atoms with Gasteiger partial charge in [-0.05, 0) is 26.7 Å². The van der Waals surface area contributed by atoms with E-state index < -0.39 is 9.84 Å². The van der Waals surface area contributed by atoms with E-state index in [2.05, 4.69) is 15.3 Å². The van der Waals surface area contributed by atoms with Gasteiger partial charge in [0.25, 0.3) is 0 Å². The van der Waals surface area contributed by atoms with Crippen LogP contribution in [-0.4, -0.2) is 35.9 Å². The maximum absolute atomic E-state index is 11.5. The van der Waals surface area contributed by atoms with Crippen LogP contribution in [0.2, 0.25) is 5.15 Å². The van der Waals surface area contributed by atoms with Crippen LogP contribution >= 0.6 is 11.6 Å². The van der Waals surface area contributed by atoms with Gasteiger partial charge in [-0.1, -0.05) is 11.6 Å². The van der Waals surface area contributed by atoms with E-state index in [0.717, 1.165) is 17.8 Å². The van der Waals surface area contributed by atoms with Crippen molar-refractivity contribution < 1.29 is 8.42 Å². The number of aromatic nitrogens is 2. The Bertz CT molecular complexity index is 560. The van der Waals surface area contributed by atoms with E-state index in [1.807, 2.05) is 13.8 Å². The molecule has 2 rings (SSSR count). The molecule has 1 atom stereocenters. The van der Waals surface area contributed by atoms with Crippen LogP contribution in [0, 0.1) is 13.8 Å². The van der Waals surface area contributed by atoms with Crippen molar-refractivity contribution >= 4 is 27.3 Å². The highest BCUT2D eigenvalue weighted by atomic mass is 35.5. The Labute approximate surface area is 112 Å². The summed E-state index contributed by atoms with van der Waals surface area (Å²) in [6, 6.07) is -0.127. The summed E-state index contributed by atoms with van der Waals surface area (Å²) in [6.07, 6.45) is 1.49. The topological polar surface area (TPSA) is 72.0 Å². The van der Waals surface area contributed by atoms with Crippen molar-refractivity contribution in [2.24, 2.45) is 0 Å². The van der Waals surface area contributed by atoms with Crippen LogP contribution in [0.5, 0.6) is 0 Å². The Balaban J connectivity index is 2.17. The normalized spacial score (nSPS) is 22.7. The van der Waals surface area contributed by atoms with E-state index in [-0.39, 0.29) is 17.5 Å². The summed E-state index contributed by atoms with van der Waals surface area (Å²) in [7, 11) is -2.94. The van der Waals surface area contributed by atoms with Crippen LogP contribution in [-0.2, 0) is 9.84 Å². The number of nitrogens with zero attached hydrogens (tertiary/aromatic N) is 2. The minimum absolute atomic E-state index is 0.127. The molecule has 0 aliphatic carbocycles. The predicted molar refractivity (Wildman–Crippen MR) is 71.8 cm³/mol. The lowest BCUT2D eigenvalue weighted by atomic mass is 10.2. The minimum atomic E-state index is -2.94. The third kappa shape index (κ3) is 3.11. The number of anilines is 1. The molecule has 0 bridgehead atoms. The summed E-state index contributed by atoms with van der Waals surface area (Å²) in [4.78, 5) is 8.48. The minimum Gasteiger partial charge on any atom is -0.364 e. The van der Waals surface area contributed by atoms with Gasteiger partial charge in [-0.3, -0.25) is 0 Å². The number of aryl methyl sites for hydroxylation is 2. The second-order valence-corrected chi connectivity index (χ2v) is 7.22. The summed E-state index contributed by atoms with van der Waals surface area (Å²) < 4.78 is 23.1. The van der Waals surface area contributed by atoms with E-state index >= 15 is 0 Å². The summed E-state index contributed by atoms with van der Waals surface area (Å²) in [6.45, 7) is 3.69. The molecule has 18 heavy (non-hydrogen) atoms. The number of hydrogen-bond donors (Lipinski definition) is 1. The lowest BCUT2D eigenvalue weighted by Crippen LogP contribution is -2.35. The molecule has 2 heterocycles. The lowest BCUT2D eigenvalue weighted by molar-refractivity contribution is 0.561. The second kappa shape index (κ2) is 5.01. The van der Waals surface area contributed by atoms with Gasteiger partial charge < -0.3 is 5.32 Å². The number of hydrogen-bond acceptors (Lipinski definition) is 5. The lowest BCUT2D eigenvalue weighted by Gasteiger charge is -2.23. The molecule has 0 saturated carbocycles. The molecule has 1 fully saturated rings. The second-order valence-electron chi connectivity index (χ2n) is 4.63. The highest BCUT2D eigenvalue weighted by Gasteiger charge is 2.25. The number of halogens is 1. The van der Waals surface area contributed by atoms with E-state index in [1.54, 1.807) is 0 Å². The molecule has 0 spiro atoms. The maximum atomic E-state index is 11.5. The monoisotopic (exact) mass is 289 g/mol. The molecule has 1 aromatic rings. The number of rotatable bonds is 2. The van der Waals surface area contributed by atoms with E-state index in [0.29, 0.717) is 17.4 Å².